The van der Waals surface area contributed by atoms with E-state index in [4.69, 9.17) is 5.14 Å². The van der Waals surface area contributed by atoms with Crippen LogP contribution in [0.1, 0.15) is 13.3 Å². The number of sulfonamides is 1. The van der Waals surface area contributed by atoms with E-state index in [1.165, 1.54) is 28.8 Å². The van der Waals surface area contributed by atoms with Gasteiger partial charge in [0.1, 0.15) is 0 Å². The van der Waals surface area contributed by atoms with Gasteiger partial charge in [0.05, 0.1) is 10.6 Å². The molecule has 1 aromatic carbocycles. The van der Waals surface area contributed by atoms with Gasteiger partial charge >= 0.3 is 5.69 Å². The lowest BCUT2D eigenvalue weighted by Crippen LogP contribution is -2.18. The fraction of sp³-hybridized carbons (Fsp3) is 0.308. The Kier molecular flexibility index (Phi) is 5.80. The Hall–Kier alpha value is -2.11. The maximum absolute atomic E-state index is 11.9. The molecule has 24 heavy (non-hydrogen) atoms. The van der Waals surface area contributed by atoms with Gasteiger partial charge in [0.2, 0.25) is 15.9 Å². The summed E-state index contributed by atoms with van der Waals surface area (Å²) < 4.78 is 23.8. The molecule has 0 radical (unpaired) electrons. The van der Waals surface area contributed by atoms with Crippen LogP contribution < -0.4 is 16.1 Å². The maximum Gasteiger partial charge on any atom is 0.343 e. The summed E-state index contributed by atoms with van der Waals surface area (Å²) in [6, 6.07) is 5.52. The molecule has 1 amide bonds. The zero-order chi connectivity index (χ0) is 17.7. The number of carbonyl (C=O) groups excluding carboxylic acids is 1. The number of anilines is 1. The van der Waals surface area contributed by atoms with Crippen LogP contribution in [0.3, 0.4) is 0 Å². The van der Waals surface area contributed by atoms with Crippen molar-refractivity contribution in [2.24, 2.45) is 5.14 Å². The Balaban J connectivity index is 1.95. The average Bonchev–Trinajstić information content (AvgIpc) is 2.86. The van der Waals surface area contributed by atoms with Gasteiger partial charge in [-0.3, -0.25) is 9.36 Å². The van der Waals surface area contributed by atoms with Crippen LogP contribution in [0.2, 0.25) is 0 Å². The van der Waals surface area contributed by atoms with Crippen molar-refractivity contribution in [3.63, 3.8) is 0 Å². The number of nitrogens with two attached hydrogens (primary N) is 1. The smallest absolute Gasteiger partial charge is 0.325 e. The third-order valence-electron chi connectivity index (χ3n) is 2.97. The zero-order valence-electron chi connectivity index (χ0n) is 12.9. The number of H-pyrrole nitrogens is 1. The Morgan fingerprint density at radius 3 is 2.62 bits per heavy atom. The summed E-state index contributed by atoms with van der Waals surface area (Å²) in [6.45, 7) is 2.46. The van der Waals surface area contributed by atoms with Gasteiger partial charge in [-0.25, -0.2) is 23.4 Å². The van der Waals surface area contributed by atoms with Crippen LogP contribution in [0, 0.1) is 0 Å². The number of hydrogen-bond acceptors (Lipinski definition) is 6. The predicted molar refractivity (Wildman–Crippen MR) is 90.3 cm³/mol. The lowest BCUT2D eigenvalue weighted by atomic mass is 10.3. The molecule has 1 aromatic heterocycles. The minimum atomic E-state index is -3.76. The van der Waals surface area contributed by atoms with Crippen molar-refractivity contribution in [1.29, 1.82) is 0 Å². The summed E-state index contributed by atoms with van der Waals surface area (Å²) in [5, 5.41) is 14.3. The van der Waals surface area contributed by atoms with Gasteiger partial charge in [-0.2, -0.15) is 0 Å². The molecule has 0 saturated heterocycles. The third-order valence-corrected chi connectivity index (χ3v) is 4.88. The average molecular weight is 371 g/mol. The molecule has 130 valence electrons. The van der Waals surface area contributed by atoms with E-state index in [2.05, 4.69) is 15.5 Å². The van der Waals surface area contributed by atoms with Crippen molar-refractivity contribution in [1.82, 2.24) is 14.8 Å². The highest BCUT2D eigenvalue weighted by Gasteiger charge is 2.12. The second-order valence-electron chi connectivity index (χ2n) is 4.87. The Morgan fingerprint density at radius 1 is 1.38 bits per heavy atom. The highest BCUT2D eigenvalue weighted by molar-refractivity contribution is 7.99. The summed E-state index contributed by atoms with van der Waals surface area (Å²) in [7, 11) is -3.76. The van der Waals surface area contributed by atoms with Crippen LogP contribution in [0.4, 0.5) is 5.69 Å². The molecular formula is C13H17N5O4S2. The highest BCUT2D eigenvalue weighted by atomic mass is 32.2. The second-order valence-corrected chi connectivity index (χ2v) is 7.37. The standard InChI is InChI=1S/C13H17N5O4S2/c1-2-7-18-12(20)16-17-13(18)23-8-11(19)15-9-3-5-10(6-4-9)24(14,21)22/h3-6H,2,7-8H2,1H3,(H,15,19)(H,16,20)(H2,14,21,22). The van der Waals surface area contributed by atoms with Crippen LogP contribution in [-0.4, -0.2) is 34.8 Å². The third kappa shape index (κ3) is 4.69. The molecule has 0 fully saturated rings. The number of hydrogen-bond donors (Lipinski definition) is 3. The van der Waals surface area contributed by atoms with E-state index < -0.39 is 10.0 Å². The summed E-state index contributed by atoms with van der Waals surface area (Å²) in [5.74, 6) is -0.243. The number of nitrogens with zero attached hydrogens (tertiary/aromatic N) is 2. The number of aromatic amines is 1. The molecule has 2 rings (SSSR count). The number of rotatable bonds is 7. The minimum Gasteiger partial charge on any atom is -0.325 e. The van der Waals surface area contributed by atoms with Crippen LogP contribution in [0.15, 0.2) is 39.1 Å². The van der Waals surface area contributed by atoms with Gasteiger partial charge in [-0.1, -0.05) is 18.7 Å². The van der Waals surface area contributed by atoms with Crippen molar-refractivity contribution in [2.45, 2.75) is 29.9 Å². The number of benzene rings is 1. The molecule has 9 nitrogen and oxygen atoms in total. The molecule has 1 heterocycles. The molecule has 0 spiro atoms. The lowest BCUT2D eigenvalue weighted by molar-refractivity contribution is -0.113. The number of primary sulfonamides is 1. The van der Waals surface area contributed by atoms with Gasteiger partial charge < -0.3 is 5.32 Å². The van der Waals surface area contributed by atoms with Crippen LogP contribution in [0.5, 0.6) is 0 Å². The molecule has 0 atom stereocenters. The monoisotopic (exact) mass is 371 g/mol. The maximum atomic E-state index is 11.9. The summed E-state index contributed by atoms with van der Waals surface area (Å²) in [5.41, 5.74) is 0.138. The first-order chi connectivity index (χ1) is 11.3. The van der Waals surface area contributed by atoms with E-state index in [0.29, 0.717) is 17.4 Å². The Bertz CT molecular complexity index is 871. The first-order valence-electron chi connectivity index (χ1n) is 7.02. The lowest BCUT2D eigenvalue weighted by Gasteiger charge is -2.06. The van der Waals surface area contributed by atoms with Crippen molar-refractivity contribution in [3.8, 4) is 0 Å². The van der Waals surface area contributed by atoms with E-state index in [-0.39, 0.29) is 22.2 Å². The van der Waals surface area contributed by atoms with Gasteiger partial charge in [-0.05, 0) is 30.7 Å². The molecule has 0 unspecified atom stereocenters. The quantitative estimate of drug-likeness (QED) is 0.600. The molecule has 11 heteroatoms. The second kappa shape index (κ2) is 7.64. The molecule has 2 aromatic rings. The van der Waals surface area contributed by atoms with Crippen LogP contribution >= 0.6 is 11.8 Å². The Labute approximate surface area is 142 Å². The number of nitrogens with one attached hydrogen (secondary N) is 2. The number of carbonyl (C=O) groups is 1. The van der Waals surface area contributed by atoms with E-state index in [1.807, 2.05) is 6.92 Å². The van der Waals surface area contributed by atoms with Gasteiger partial charge in [-0.15, -0.1) is 5.10 Å². The molecule has 0 aliphatic carbocycles. The van der Waals surface area contributed by atoms with Crippen LogP contribution in [-0.2, 0) is 21.4 Å². The topological polar surface area (TPSA) is 140 Å². The minimum absolute atomic E-state index is 0.0324. The van der Waals surface area contributed by atoms with E-state index in [1.54, 1.807) is 0 Å². The van der Waals surface area contributed by atoms with Gasteiger partial charge in [0, 0.05) is 12.2 Å². The van der Waals surface area contributed by atoms with Crippen LogP contribution in [0.25, 0.3) is 0 Å². The molecular weight excluding hydrogens is 354 g/mol. The molecule has 0 aliphatic rings. The number of thioether (sulfide) groups is 1. The van der Waals surface area contributed by atoms with Crippen molar-refractivity contribution in [2.75, 3.05) is 11.1 Å². The summed E-state index contributed by atoms with van der Waals surface area (Å²) in [6.07, 6.45) is 0.773. The molecule has 0 bridgehead atoms. The van der Waals surface area contributed by atoms with Gasteiger partial charge in [0.25, 0.3) is 0 Å². The van der Waals surface area contributed by atoms with E-state index in [0.717, 1.165) is 18.2 Å². The highest BCUT2D eigenvalue weighted by Crippen LogP contribution is 2.16. The van der Waals surface area contributed by atoms with E-state index in [9.17, 15) is 18.0 Å². The van der Waals surface area contributed by atoms with Crippen molar-refractivity contribution >= 4 is 33.4 Å². The number of amides is 1. The fourth-order valence-corrected chi connectivity index (χ4v) is 3.18. The van der Waals surface area contributed by atoms with Crippen molar-refractivity contribution < 1.29 is 13.2 Å². The van der Waals surface area contributed by atoms with E-state index >= 15 is 0 Å². The number of aromatic nitrogens is 3. The van der Waals surface area contributed by atoms with Gasteiger partial charge in [0.15, 0.2) is 5.16 Å². The largest absolute Gasteiger partial charge is 0.343 e. The molecule has 0 saturated carbocycles. The summed E-state index contributed by atoms with van der Waals surface area (Å²) >= 11 is 1.14. The summed E-state index contributed by atoms with van der Waals surface area (Å²) in [4.78, 5) is 23.5. The normalized spacial score (nSPS) is 11.4. The fourth-order valence-electron chi connectivity index (χ4n) is 1.89. The molecule has 4 N–H and O–H groups in total. The first-order valence-corrected chi connectivity index (χ1v) is 9.55. The van der Waals surface area contributed by atoms with Crippen molar-refractivity contribution in [3.05, 3.63) is 34.7 Å². The predicted octanol–water partition coefficient (Wildman–Crippen LogP) is 0.360. The molecule has 0 aliphatic heterocycles. The zero-order valence-corrected chi connectivity index (χ0v) is 14.5. The first kappa shape index (κ1) is 18.2. The Morgan fingerprint density at radius 2 is 2.04 bits per heavy atom. The SMILES string of the molecule is CCCn1c(SCC(=O)Nc2ccc(S(N)(=O)=O)cc2)n[nH]c1=O.